The van der Waals surface area contributed by atoms with E-state index in [2.05, 4.69) is 35.0 Å². The Morgan fingerprint density at radius 3 is 2.64 bits per heavy atom. The second-order valence-corrected chi connectivity index (χ2v) is 6.56. The molecule has 1 aliphatic heterocycles. The number of methoxy groups -OCH3 is 1. The van der Waals surface area contributed by atoms with Crippen LogP contribution in [-0.4, -0.2) is 32.4 Å². The fourth-order valence-electron chi connectivity index (χ4n) is 2.98. The number of nitrogens with zero attached hydrogens (tertiary/aromatic N) is 2. The molecule has 0 spiro atoms. The lowest BCUT2D eigenvalue weighted by molar-refractivity contribution is 0.0601. The number of aliphatic imine (C=N–C) groups is 1. The molecule has 3 rings (SSSR count). The molecule has 0 saturated carbocycles. The van der Waals surface area contributed by atoms with Gasteiger partial charge in [0.2, 0.25) is 0 Å². The highest BCUT2D eigenvalue weighted by molar-refractivity contribution is 6.33. The van der Waals surface area contributed by atoms with Crippen molar-refractivity contribution in [3.05, 3.63) is 58.1 Å². The smallest absolute Gasteiger partial charge is 0.339 e. The lowest BCUT2D eigenvalue weighted by Crippen LogP contribution is -2.17. The Morgan fingerprint density at radius 2 is 1.96 bits per heavy atom. The number of halogens is 1. The average Bonchev–Trinajstić information content (AvgIpc) is 3.16. The van der Waals surface area contributed by atoms with Crippen molar-refractivity contribution in [2.45, 2.75) is 19.8 Å². The number of benzene rings is 2. The summed E-state index contributed by atoms with van der Waals surface area (Å²) in [7, 11) is 1.33. The quantitative estimate of drug-likeness (QED) is 0.584. The third kappa shape index (κ3) is 4.02. The summed E-state index contributed by atoms with van der Waals surface area (Å²) < 4.78 is 4.74. The fraction of sp³-hybridized carbons (Fsp3) is 0.300. The zero-order valence-electron chi connectivity index (χ0n) is 14.5. The zero-order valence-corrected chi connectivity index (χ0v) is 15.2. The van der Waals surface area contributed by atoms with Gasteiger partial charge in [-0.2, -0.15) is 0 Å². The molecule has 2 aromatic carbocycles. The fourth-order valence-corrected chi connectivity index (χ4v) is 3.18. The maximum absolute atomic E-state index is 11.7. The minimum absolute atomic E-state index is 0.319. The Balaban J connectivity index is 1.81. The molecule has 0 bridgehead atoms. The van der Waals surface area contributed by atoms with Crippen molar-refractivity contribution < 1.29 is 9.53 Å². The Morgan fingerprint density at radius 1 is 1.20 bits per heavy atom. The van der Waals surface area contributed by atoms with Gasteiger partial charge < -0.3 is 9.64 Å². The van der Waals surface area contributed by atoms with Crippen molar-refractivity contribution in [1.29, 1.82) is 0 Å². The van der Waals surface area contributed by atoms with Crippen LogP contribution in [0.15, 0.2) is 41.4 Å². The van der Waals surface area contributed by atoms with E-state index in [-0.39, 0.29) is 0 Å². The minimum atomic E-state index is -0.465. The zero-order chi connectivity index (χ0) is 17.8. The molecule has 0 atom stereocenters. The lowest BCUT2D eigenvalue weighted by atomic mass is 10.1. The highest BCUT2D eigenvalue weighted by Gasteiger charge is 2.13. The summed E-state index contributed by atoms with van der Waals surface area (Å²) in [5.74, 6) is -0.465. The van der Waals surface area contributed by atoms with Gasteiger partial charge in [0.15, 0.2) is 0 Å². The van der Waals surface area contributed by atoms with Crippen molar-refractivity contribution in [2.75, 3.05) is 25.1 Å². The van der Waals surface area contributed by atoms with Crippen molar-refractivity contribution in [1.82, 2.24) is 0 Å². The van der Waals surface area contributed by atoms with E-state index in [1.54, 1.807) is 18.2 Å². The second-order valence-electron chi connectivity index (χ2n) is 6.15. The van der Waals surface area contributed by atoms with E-state index in [4.69, 9.17) is 16.3 Å². The van der Waals surface area contributed by atoms with Crippen molar-refractivity contribution in [3.8, 4) is 0 Å². The first-order valence-corrected chi connectivity index (χ1v) is 8.74. The number of hydrogen-bond donors (Lipinski definition) is 0. The standard InChI is InChI=1S/C20H21ClN2O2/c1-14-11-17(23-9-3-4-10-23)7-5-15(14)13-22-16-6-8-19(21)18(12-16)20(24)25-2/h5-8,11-13H,3-4,9-10H2,1-2H3. The molecule has 0 N–H and O–H groups in total. The number of rotatable bonds is 4. The maximum atomic E-state index is 11.7. The molecule has 1 heterocycles. The van der Waals surface area contributed by atoms with E-state index in [9.17, 15) is 4.79 Å². The molecule has 25 heavy (non-hydrogen) atoms. The predicted octanol–water partition coefficient (Wildman–Crippen LogP) is 4.79. The van der Waals surface area contributed by atoms with Crippen molar-refractivity contribution in [3.63, 3.8) is 0 Å². The Bertz CT molecular complexity index is 811. The van der Waals surface area contributed by atoms with Gasteiger partial charge in [-0.3, -0.25) is 4.99 Å². The first-order chi connectivity index (χ1) is 12.1. The molecule has 1 saturated heterocycles. The van der Waals surface area contributed by atoms with Gasteiger partial charge in [-0.1, -0.05) is 17.7 Å². The van der Waals surface area contributed by atoms with Gasteiger partial charge in [0, 0.05) is 25.0 Å². The number of hydrogen-bond acceptors (Lipinski definition) is 4. The summed E-state index contributed by atoms with van der Waals surface area (Å²) in [5, 5.41) is 0.358. The van der Waals surface area contributed by atoms with Gasteiger partial charge in [0.05, 0.1) is 23.4 Å². The summed E-state index contributed by atoms with van der Waals surface area (Å²) in [5.41, 5.74) is 4.48. The molecule has 2 aromatic rings. The molecule has 4 nitrogen and oxygen atoms in total. The van der Waals surface area contributed by atoms with Crippen LogP contribution >= 0.6 is 11.6 Å². The Kier molecular flexibility index (Phi) is 5.39. The van der Waals surface area contributed by atoms with Gasteiger partial charge in [-0.25, -0.2) is 4.79 Å². The van der Waals surface area contributed by atoms with E-state index < -0.39 is 5.97 Å². The van der Waals surface area contributed by atoms with Crippen LogP contribution in [-0.2, 0) is 4.74 Å². The van der Waals surface area contributed by atoms with Gasteiger partial charge >= 0.3 is 5.97 Å². The molecule has 1 aliphatic rings. The third-order valence-corrected chi connectivity index (χ3v) is 4.76. The Labute approximate surface area is 153 Å². The first-order valence-electron chi connectivity index (χ1n) is 8.36. The van der Waals surface area contributed by atoms with Crippen LogP contribution in [0.1, 0.15) is 34.3 Å². The molecule has 0 aromatic heterocycles. The SMILES string of the molecule is COC(=O)c1cc(N=Cc2ccc(N3CCCC3)cc2C)ccc1Cl. The number of anilines is 1. The molecular formula is C20H21ClN2O2. The molecule has 1 fully saturated rings. The topological polar surface area (TPSA) is 41.9 Å². The van der Waals surface area contributed by atoms with Crippen LogP contribution < -0.4 is 4.90 Å². The molecular weight excluding hydrogens is 336 g/mol. The molecule has 0 radical (unpaired) electrons. The number of esters is 1. The number of ether oxygens (including phenoxy) is 1. The summed E-state index contributed by atoms with van der Waals surface area (Å²) in [6.45, 7) is 4.35. The van der Waals surface area contributed by atoms with Crippen molar-refractivity contribution >= 4 is 35.2 Å². The number of carbonyl (C=O) groups is 1. The van der Waals surface area contributed by atoms with E-state index in [0.717, 1.165) is 18.7 Å². The number of aryl methyl sites for hydroxylation is 1. The van der Waals surface area contributed by atoms with Gasteiger partial charge in [-0.15, -0.1) is 0 Å². The van der Waals surface area contributed by atoms with Crippen molar-refractivity contribution in [2.24, 2.45) is 4.99 Å². The van der Waals surface area contributed by atoms with Gasteiger partial charge in [0.1, 0.15) is 0 Å². The highest BCUT2D eigenvalue weighted by atomic mass is 35.5. The van der Waals surface area contributed by atoms with E-state index >= 15 is 0 Å². The summed E-state index contributed by atoms with van der Waals surface area (Å²) in [6, 6.07) is 11.5. The number of carbonyl (C=O) groups excluding carboxylic acids is 1. The summed E-state index contributed by atoms with van der Waals surface area (Å²) >= 11 is 6.03. The van der Waals surface area contributed by atoms with Crippen LogP contribution in [0.5, 0.6) is 0 Å². The van der Waals surface area contributed by atoms with Crippen LogP contribution in [0.2, 0.25) is 5.02 Å². The van der Waals surface area contributed by atoms with E-state index in [0.29, 0.717) is 16.3 Å². The molecule has 0 amide bonds. The van der Waals surface area contributed by atoms with Gasteiger partial charge in [0.25, 0.3) is 0 Å². The van der Waals surface area contributed by atoms with Crippen LogP contribution in [0, 0.1) is 6.92 Å². The highest BCUT2D eigenvalue weighted by Crippen LogP contribution is 2.25. The predicted molar refractivity (Wildman–Crippen MR) is 103 cm³/mol. The van der Waals surface area contributed by atoms with Crippen LogP contribution in [0.3, 0.4) is 0 Å². The minimum Gasteiger partial charge on any atom is -0.465 e. The van der Waals surface area contributed by atoms with Crippen LogP contribution in [0.4, 0.5) is 11.4 Å². The molecule has 5 heteroatoms. The van der Waals surface area contributed by atoms with Gasteiger partial charge in [-0.05, 0) is 61.2 Å². The summed E-state index contributed by atoms with van der Waals surface area (Å²) in [4.78, 5) is 18.6. The largest absolute Gasteiger partial charge is 0.465 e. The average molecular weight is 357 g/mol. The third-order valence-electron chi connectivity index (χ3n) is 4.43. The maximum Gasteiger partial charge on any atom is 0.339 e. The molecule has 130 valence electrons. The van der Waals surface area contributed by atoms with E-state index in [1.807, 2.05) is 6.21 Å². The Hall–Kier alpha value is -2.33. The second kappa shape index (κ2) is 7.70. The first kappa shape index (κ1) is 17.5. The summed E-state index contributed by atoms with van der Waals surface area (Å²) in [6.07, 6.45) is 4.34. The monoisotopic (exact) mass is 356 g/mol. The molecule has 0 aliphatic carbocycles. The normalized spacial score (nSPS) is 14.3. The van der Waals surface area contributed by atoms with E-state index in [1.165, 1.54) is 31.2 Å². The van der Waals surface area contributed by atoms with Crippen LogP contribution in [0.25, 0.3) is 0 Å². The lowest BCUT2D eigenvalue weighted by Gasteiger charge is -2.18. The molecule has 0 unspecified atom stereocenters.